The zero-order valence-electron chi connectivity index (χ0n) is 40.2. The fourth-order valence-electron chi connectivity index (χ4n) is 7.72. The molecule has 60 heavy (non-hydrogen) atoms. The van der Waals surface area contributed by atoms with Crippen molar-refractivity contribution in [2.24, 2.45) is 0 Å². The standard InChI is InChI=1S/C54H100O6/c1-4-7-10-13-16-19-22-24-25-26-27-28-29-31-32-35-38-41-44-47-53(56)59-50-51(49-58-52(55)46-43-40-37-34-21-18-15-12-9-6-3)60-54(57)48-45-42-39-36-33-30-23-20-17-14-11-8-5-2/h11,14,20,23,51H,4-10,12-13,15-19,21-22,24-50H2,1-3H3/b14-11-,23-20-. The molecule has 0 heterocycles. The summed E-state index contributed by atoms with van der Waals surface area (Å²) < 4.78 is 16.8. The largest absolute Gasteiger partial charge is 0.462 e. The smallest absolute Gasteiger partial charge is 0.306 e. The van der Waals surface area contributed by atoms with Gasteiger partial charge >= 0.3 is 17.9 Å². The van der Waals surface area contributed by atoms with Gasteiger partial charge in [0.05, 0.1) is 0 Å². The third kappa shape index (κ3) is 46.9. The number of carbonyl (C=O) groups excluding carboxylic acids is 3. The second-order valence-electron chi connectivity index (χ2n) is 17.8. The van der Waals surface area contributed by atoms with E-state index in [4.69, 9.17) is 14.2 Å². The lowest BCUT2D eigenvalue weighted by Gasteiger charge is -2.18. The maximum atomic E-state index is 12.8. The third-order valence-corrected chi connectivity index (χ3v) is 11.7. The number of hydrogen-bond donors (Lipinski definition) is 0. The summed E-state index contributed by atoms with van der Waals surface area (Å²) in [6, 6.07) is 0. The first kappa shape index (κ1) is 57.9. The Morgan fingerprint density at radius 2 is 0.633 bits per heavy atom. The van der Waals surface area contributed by atoms with Crippen LogP contribution in [0.3, 0.4) is 0 Å². The van der Waals surface area contributed by atoms with E-state index in [1.807, 2.05) is 0 Å². The van der Waals surface area contributed by atoms with E-state index >= 15 is 0 Å². The Kier molecular flexibility index (Phi) is 47.8. The average molecular weight is 845 g/mol. The Balaban J connectivity index is 4.26. The summed E-state index contributed by atoms with van der Waals surface area (Å²) in [6.07, 6.45) is 56.0. The first-order valence-corrected chi connectivity index (χ1v) is 26.3. The van der Waals surface area contributed by atoms with E-state index in [1.54, 1.807) is 0 Å². The molecule has 0 N–H and O–H groups in total. The van der Waals surface area contributed by atoms with Crippen molar-refractivity contribution in [3.8, 4) is 0 Å². The molecule has 6 heteroatoms. The number of unbranched alkanes of at least 4 members (excludes halogenated alkanes) is 33. The molecule has 0 radical (unpaired) electrons. The minimum absolute atomic E-state index is 0.0723. The second-order valence-corrected chi connectivity index (χ2v) is 17.8. The van der Waals surface area contributed by atoms with Gasteiger partial charge in [0.25, 0.3) is 0 Å². The van der Waals surface area contributed by atoms with Crippen molar-refractivity contribution in [1.29, 1.82) is 0 Å². The Morgan fingerprint density at radius 3 is 0.983 bits per heavy atom. The summed E-state index contributed by atoms with van der Waals surface area (Å²) in [5, 5.41) is 0. The van der Waals surface area contributed by atoms with E-state index in [2.05, 4.69) is 45.1 Å². The third-order valence-electron chi connectivity index (χ3n) is 11.7. The molecule has 1 unspecified atom stereocenters. The normalized spacial score (nSPS) is 12.1. The van der Waals surface area contributed by atoms with Crippen LogP contribution in [-0.4, -0.2) is 37.2 Å². The van der Waals surface area contributed by atoms with Crippen LogP contribution in [0.2, 0.25) is 0 Å². The van der Waals surface area contributed by atoms with Gasteiger partial charge in [0.1, 0.15) is 13.2 Å². The molecule has 0 saturated heterocycles. The van der Waals surface area contributed by atoms with Crippen LogP contribution in [-0.2, 0) is 28.6 Å². The van der Waals surface area contributed by atoms with Crippen molar-refractivity contribution in [1.82, 2.24) is 0 Å². The van der Waals surface area contributed by atoms with Crippen LogP contribution in [0.15, 0.2) is 24.3 Å². The fourth-order valence-corrected chi connectivity index (χ4v) is 7.72. The van der Waals surface area contributed by atoms with E-state index < -0.39 is 6.10 Å². The van der Waals surface area contributed by atoms with Gasteiger partial charge in [-0.25, -0.2) is 0 Å². The Morgan fingerprint density at radius 1 is 0.333 bits per heavy atom. The molecule has 0 aromatic rings. The molecule has 0 saturated carbocycles. The second kappa shape index (κ2) is 49.5. The van der Waals surface area contributed by atoms with Gasteiger partial charge in [0.2, 0.25) is 0 Å². The van der Waals surface area contributed by atoms with E-state index in [0.717, 1.165) is 89.9 Å². The van der Waals surface area contributed by atoms with Crippen LogP contribution < -0.4 is 0 Å². The Labute approximate surface area is 373 Å². The Hall–Kier alpha value is -2.11. The molecule has 0 bridgehead atoms. The van der Waals surface area contributed by atoms with Crippen molar-refractivity contribution >= 4 is 17.9 Å². The quantitative estimate of drug-likeness (QED) is 0.0263. The minimum Gasteiger partial charge on any atom is -0.462 e. The predicted octanol–water partition coefficient (Wildman–Crippen LogP) is 17.2. The van der Waals surface area contributed by atoms with Gasteiger partial charge in [0.15, 0.2) is 6.10 Å². The van der Waals surface area contributed by atoms with Crippen LogP contribution in [0, 0.1) is 0 Å². The van der Waals surface area contributed by atoms with Crippen LogP contribution >= 0.6 is 0 Å². The van der Waals surface area contributed by atoms with Gasteiger partial charge in [-0.2, -0.15) is 0 Å². The molecule has 0 rings (SSSR count). The van der Waals surface area contributed by atoms with Gasteiger partial charge < -0.3 is 14.2 Å². The first-order chi connectivity index (χ1) is 29.5. The monoisotopic (exact) mass is 845 g/mol. The lowest BCUT2D eigenvalue weighted by atomic mass is 10.0. The van der Waals surface area contributed by atoms with Crippen molar-refractivity contribution in [2.75, 3.05) is 13.2 Å². The topological polar surface area (TPSA) is 78.9 Å². The molecule has 0 aliphatic rings. The zero-order chi connectivity index (χ0) is 43.7. The van der Waals surface area contributed by atoms with Crippen molar-refractivity contribution in [3.05, 3.63) is 24.3 Å². The van der Waals surface area contributed by atoms with Gasteiger partial charge in [-0.3, -0.25) is 14.4 Å². The first-order valence-electron chi connectivity index (χ1n) is 26.3. The molecule has 0 aliphatic heterocycles. The molecule has 0 amide bonds. The highest BCUT2D eigenvalue weighted by Crippen LogP contribution is 2.16. The highest BCUT2D eigenvalue weighted by atomic mass is 16.6. The van der Waals surface area contributed by atoms with Gasteiger partial charge in [-0.15, -0.1) is 0 Å². The zero-order valence-corrected chi connectivity index (χ0v) is 40.2. The van der Waals surface area contributed by atoms with Gasteiger partial charge in [-0.1, -0.05) is 244 Å². The van der Waals surface area contributed by atoms with E-state index in [9.17, 15) is 14.4 Å². The number of rotatable bonds is 48. The van der Waals surface area contributed by atoms with E-state index in [1.165, 1.54) is 154 Å². The maximum Gasteiger partial charge on any atom is 0.306 e. The highest BCUT2D eigenvalue weighted by Gasteiger charge is 2.19. The van der Waals surface area contributed by atoms with Crippen LogP contribution in [0.25, 0.3) is 0 Å². The van der Waals surface area contributed by atoms with Crippen LogP contribution in [0.5, 0.6) is 0 Å². The van der Waals surface area contributed by atoms with E-state index in [-0.39, 0.29) is 31.1 Å². The molecule has 1 atom stereocenters. The maximum absolute atomic E-state index is 12.8. The summed E-state index contributed by atoms with van der Waals surface area (Å²) in [4.78, 5) is 37.9. The molecular weight excluding hydrogens is 745 g/mol. The average Bonchev–Trinajstić information content (AvgIpc) is 3.24. The van der Waals surface area contributed by atoms with Crippen molar-refractivity contribution < 1.29 is 28.6 Å². The fraction of sp³-hybridized carbons (Fsp3) is 0.870. The molecule has 352 valence electrons. The number of carbonyl (C=O) groups is 3. The molecule has 0 aromatic carbocycles. The Bertz CT molecular complexity index is 973. The number of ether oxygens (including phenoxy) is 3. The van der Waals surface area contributed by atoms with Crippen molar-refractivity contribution in [2.45, 2.75) is 290 Å². The number of esters is 3. The predicted molar refractivity (Wildman–Crippen MR) is 256 cm³/mol. The summed E-state index contributed by atoms with van der Waals surface area (Å²) in [5.41, 5.74) is 0. The summed E-state index contributed by atoms with van der Waals surface area (Å²) in [6.45, 7) is 6.58. The van der Waals surface area contributed by atoms with Crippen LogP contribution in [0.4, 0.5) is 0 Å². The molecule has 0 aromatic heterocycles. The van der Waals surface area contributed by atoms with Crippen LogP contribution in [0.1, 0.15) is 284 Å². The van der Waals surface area contributed by atoms with Crippen molar-refractivity contribution in [3.63, 3.8) is 0 Å². The SMILES string of the molecule is CCC/C=C\C/C=C\CCCCCCCC(=O)OC(COC(=O)CCCCCCCCCCCC)COC(=O)CCCCCCCCCCCCCCCCCCCCC. The molecule has 6 nitrogen and oxygen atoms in total. The lowest BCUT2D eigenvalue weighted by Crippen LogP contribution is -2.30. The summed E-state index contributed by atoms with van der Waals surface area (Å²) in [7, 11) is 0. The highest BCUT2D eigenvalue weighted by molar-refractivity contribution is 5.71. The van der Waals surface area contributed by atoms with Gasteiger partial charge in [0, 0.05) is 19.3 Å². The number of allylic oxidation sites excluding steroid dienone is 4. The summed E-state index contributed by atoms with van der Waals surface area (Å²) in [5.74, 6) is -0.874. The molecule has 0 spiro atoms. The summed E-state index contributed by atoms with van der Waals surface area (Å²) >= 11 is 0. The lowest BCUT2D eigenvalue weighted by molar-refractivity contribution is -0.167. The minimum atomic E-state index is -0.771. The molecular formula is C54H100O6. The van der Waals surface area contributed by atoms with Gasteiger partial charge in [-0.05, 0) is 44.9 Å². The molecule has 0 aliphatic carbocycles. The number of hydrogen-bond acceptors (Lipinski definition) is 6. The molecule has 0 fully saturated rings. The van der Waals surface area contributed by atoms with E-state index in [0.29, 0.717) is 19.3 Å².